The van der Waals surface area contributed by atoms with Crippen molar-refractivity contribution < 1.29 is 27.2 Å². The molecule has 6 aromatic rings. The van der Waals surface area contributed by atoms with Crippen LogP contribution in [-0.2, 0) is 19.0 Å². The molecule has 97 heavy (non-hydrogen) atoms. The normalized spacial score (nSPS) is 41.5. The fraction of sp³-hybridized carbons (Fsp3) is 0.523. The number of ether oxygens (including phenoxy) is 3. The van der Waals surface area contributed by atoms with Crippen LogP contribution in [0.4, 0.5) is 0 Å². The fourth-order valence-corrected chi connectivity index (χ4v) is 24.7. The number of fused-ring (bicyclic) bond motifs is 6. The van der Waals surface area contributed by atoms with Gasteiger partial charge < -0.3 is 24.0 Å². The third-order valence-electron chi connectivity index (χ3n) is 29.6. The van der Waals surface area contributed by atoms with Gasteiger partial charge in [0.1, 0.15) is 5.78 Å². The van der Waals surface area contributed by atoms with Crippen LogP contribution in [0.5, 0.6) is 0 Å². The molecule has 3 aromatic carbocycles. The van der Waals surface area contributed by atoms with Crippen molar-refractivity contribution in [2.45, 2.75) is 226 Å². The van der Waals surface area contributed by atoms with E-state index in [0.717, 1.165) is 109 Å². The lowest BCUT2D eigenvalue weighted by molar-refractivity contribution is -0.144. The Hall–Kier alpha value is -6.46. The molecule has 6 spiro atoms. The average Bonchev–Trinajstić information content (AvgIpc) is 1.55. The van der Waals surface area contributed by atoms with E-state index in [4.69, 9.17) is 22.4 Å². The van der Waals surface area contributed by atoms with Gasteiger partial charge in [0, 0.05) is 97.8 Å². The first-order chi connectivity index (χ1) is 49.3. The van der Waals surface area contributed by atoms with E-state index in [1.165, 1.54) is 114 Å². The maximum absolute atomic E-state index is 12.4. The van der Waals surface area contributed by atoms with E-state index in [0.29, 0.717) is 48.2 Å². The Bertz CT molecular complexity index is 4600. The quantitative estimate of drug-likeness (QED) is 0.167. The highest BCUT2D eigenvalue weighted by Crippen LogP contribution is 2.73. The Kier molecular flexibility index (Phi) is 12.4. The molecule has 3 aromatic heterocycles. The molecule has 5 saturated carbocycles. The zero-order chi connectivity index (χ0) is 70.7. The molecular formula is C88H99N5O4. The number of hydrogen-bond donors (Lipinski definition) is 0. The summed E-state index contributed by atoms with van der Waals surface area (Å²) in [6, 6.07) is 27.0. The molecule has 9 aliphatic carbocycles. The van der Waals surface area contributed by atoms with Crippen LogP contribution in [0.25, 0.3) is 37.9 Å². The zero-order valence-corrected chi connectivity index (χ0v) is 57.6. The largest absolute Gasteiger partial charge is 0.359 e. The Morgan fingerprint density at radius 3 is 1.46 bits per heavy atom. The average molecular weight is 1300 g/mol. The number of aromatic nitrogens is 3. The summed E-state index contributed by atoms with van der Waals surface area (Å²) < 4.78 is 69.5. The van der Waals surface area contributed by atoms with Crippen LogP contribution in [0.2, 0.25) is 0 Å². The number of carbonyl (C=O) groups excluding carboxylic acids is 1. The van der Waals surface area contributed by atoms with Gasteiger partial charge in [-0.1, -0.05) is 99.7 Å². The topological polar surface area (TPSA) is 89.9 Å². The van der Waals surface area contributed by atoms with Gasteiger partial charge in [-0.25, -0.2) is 0 Å². The van der Waals surface area contributed by atoms with Crippen LogP contribution in [0.1, 0.15) is 205 Å². The predicted molar refractivity (Wildman–Crippen MR) is 388 cm³/mol. The Morgan fingerprint density at radius 1 is 0.474 bits per heavy atom. The lowest BCUT2D eigenvalue weighted by atomic mass is 9.58. The zero-order valence-electron chi connectivity index (χ0n) is 63.6. The van der Waals surface area contributed by atoms with Gasteiger partial charge >= 0.3 is 0 Å². The van der Waals surface area contributed by atoms with E-state index < -0.39 is 14.0 Å². The highest BCUT2D eigenvalue weighted by molar-refractivity contribution is 5.88. The van der Waals surface area contributed by atoms with Gasteiger partial charge in [-0.2, -0.15) is 0 Å². The van der Waals surface area contributed by atoms with Crippen LogP contribution in [0.15, 0.2) is 186 Å². The van der Waals surface area contributed by atoms with Crippen LogP contribution in [0.3, 0.4) is 0 Å². The second kappa shape index (κ2) is 21.8. The van der Waals surface area contributed by atoms with Crippen molar-refractivity contribution in [3.63, 3.8) is 0 Å². The van der Waals surface area contributed by atoms with E-state index in [1.807, 2.05) is 37.2 Å². The number of carbonyl (C=O) groups is 1. The summed E-state index contributed by atoms with van der Waals surface area (Å²) in [5, 5.41) is 7.37. The smallest absolute Gasteiger partial charge is 0.136 e. The molecule has 21 rings (SSSR count). The minimum Gasteiger partial charge on any atom is -0.359 e. The number of Topliss-reactive ketones (excluding diaryl/α,β-unsaturated/α-hetero) is 1. The minimum atomic E-state index is -2.06. The van der Waals surface area contributed by atoms with Crippen molar-refractivity contribution in [1.82, 2.24) is 24.8 Å². The van der Waals surface area contributed by atoms with Gasteiger partial charge in [0.2, 0.25) is 0 Å². The summed E-state index contributed by atoms with van der Waals surface area (Å²) in [5.41, 5.74) is 12.9. The third kappa shape index (κ3) is 8.91. The number of hydrogen-bond acceptors (Lipinski definition) is 9. The molecule has 16 atom stereocenters. The molecule has 9 heterocycles. The monoisotopic (exact) mass is 1300 g/mol. The summed E-state index contributed by atoms with van der Waals surface area (Å²) in [7, 11) is 3.53. The van der Waals surface area contributed by atoms with E-state index in [9.17, 15) is 4.79 Å². The van der Waals surface area contributed by atoms with E-state index in [1.54, 1.807) is 23.9 Å². The van der Waals surface area contributed by atoms with Gasteiger partial charge in [0.15, 0.2) is 0 Å². The lowest BCUT2D eigenvalue weighted by Crippen LogP contribution is -2.55. The highest BCUT2D eigenvalue weighted by Gasteiger charge is 2.70. The maximum Gasteiger partial charge on any atom is 0.136 e. The van der Waals surface area contributed by atoms with Crippen molar-refractivity contribution in [3.05, 3.63) is 203 Å². The molecule has 0 amide bonds. The SMILES string of the molecule is C[C@]12CC=C3C=C4CCC(=O)C[C@]45CC[C@]3(O5)[C@@H]1CC=C2c1ccc2ccncc2c1.[2H]C([2H])([2H])N(C)[C@@H]1CCC2=CC3=CC[C@]4(C)C(c5ccc6ccncc6c5)CC[C@H]4[C@@]34CC[C@]2(C1)O4.[2H]C([2H])([2H])N(C)[C@H]1CCC2=CC3=CC[C@]4(C)C(c5ccc6ccncc6c5)CC[C@H]4[C@@]34CC[C@]2(C1)O4. The molecule has 0 radical (unpaired) electrons. The van der Waals surface area contributed by atoms with Gasteiger partial charge in [-0.15, -0.1) is 0 Å². The third-order valence-corrected chi connectivity index (χ3v) is 29.6. The second-order valence-corrected chi connectivity index (χ2v) is 33.9. The highest BCUT2D eigenvalue weighted by atomic mass is 16.5. The number of benzene rings is 3. The Labute approximate surface area is 583 Å². The second-order valence-electron chi connectivity index (χ2n) is 33.9. The summed E-state index contributed by atoms with van der Waals surface area (Å²) in [5.74, 6) is 2.77. The van der Waals surface area contributed by atoms with E-state index >= 15 is 0 Å². The van der Waals surface area contributed by atoms with E-state index in [-0.39, 0.29) is 61.9 Å². The molecule has 2 unspecified atom stereocenters. The predicted octanol–water partition coefficient (Wildman–Crippen LogP) is 18.8. The van der Waals surface area contributed by atoms with Crippen molar-refractivity contribution in [3.8, 4) is 0 Å². The van der Waals surface area contributed by atoms with Crippen molar-refractivity contribution in [2.75, 3.05) is 28.0 Å². The number of rotatable bonds is 5. The fourth-order valence-electron chi connectivity index (χ4n) is 24.7. The Balaban J connectivity index is 0.000000107. The number of nitrogens with zero attached hydrogens (tertiary/aromatic N) is 5. The molecule has 6 aliphatic heterocycles. The molecule has 15 aliphatic rings. The molecule has 9 nitrogen and oxygen atoms in total. The van der Waals surface area contributed by atoms with E-state index in [2.05, 4.69) is 151 Å². The standard InChI is InChI=1S/2C30H36N2O.C28H27NO2/c2*1-28-12-10-24-17-23-6-7-25(32(2)3)18-29(23)13-14-30(24,33-29)27(28)9-8-26(28)21-5-4-20-11-15-31-19-22(20)16-21;1-26-10-8-22-15-21-4-5-23(30)16-27(21)11-12-28(22,31-27)25(26)7-6-24(26)19-3-2-18-9-13-29-17-20(18)14-19/h2*4-5,10-11,15-17,19,25-27H,6-9,12-14,18H2,1-3H3;2-3,6,8-9,13-15,17,25H,4-5,7,10-12,16H2,1H3/t25-,26?,27+,28+,29+,30+;25-,26?,27-,28-,29-,30-;25-,26-,27-,28-/m011/s1/i2*2D3;. The molecule has 9 heteroatoms. The molecule has 3 saturated heterocycles. The Morgan fingerprint density at radius 2 is 0.938 bits per heavy atom. The first-order valence-electron chi connectivity index (χ1n) is 40.4. The van der Waals surface area contributed by atoms with Crippen molar-refractivity contribution in [2.24, 2.45) is 34.0 Å². The molecule has 500 valence electrons. The minimum absolute atomic E-state index is 0.0350. The van der Waals surface area contributed by atoms with Crippen LogP contribution in [-0.4, -0.2) is 104 Å². The molecular weight excluding hydrogens is 1190 g/mol. The first kappa shape index (κ1) is 55.3. The summed E-state index contributed by atoms with van der Waals surface area (Å²) in [4.78, 5) is 28.6. The van der Waals surface area contributed by atoms with Crippen molar-refractivity contribution >= 4 is 43.7 Å². The first-order valence-corrected chi connectivity index (χ1v) is 37.4. The van der Waals surface area contributed by atoms with Gasteiger partial charge in [0.25, 0.3) is 0 Å². The number of allylic oxidation sites excluding steroid dienone is 5. The summed E-state index contributed by atoms with van der Waals surface area (Å²) in [6.07, 6.45) is 51.4. The van der Waals surface area contributed by atoms with Crippen molar-refractivity contribution in [1.29, 1.82) is 0 Å². The van der Waals surface area contributed by atoms with Crippen LogP contribution >= 0.6 is 0 Å². The number of ketones is 1. The van der Waals surface area contributed by atoms with Gasteiger partial charge in [0.05, 0.1) is 33.6 Å². The molecule has 6 bridgehead atoms. The lowest BCUT2D eigenvalue weighted by Gasteiger charge is -2.54. The van der Waals surface area contributed by atoms with Gasteiger partial charge in [-0.3, -0.25) is 19.7 Å². The maximum atomic E-state index is 12.4. The molecule has 8 fully saturated rings. The van der Waals surface area contributed by atoms with Crippen LogP contribution in [0, 0.1) is 34.0 Å². The summed E-state index contributed by atoms with van der Waals surface area (Å²) in [6.45, 7) is 3.33. The van der Waals surface area contributed by atoms with Crippen LogP contribution < -0.4 is 0 Å². The number of pyridine rings is 3. The summed E-state index contributed by atoms with van der Waals surface area (Å²) >= 11 is 0. The van der Waals surface area contributed by atoms with Gasteiger partial charge in [-0.05, 0) is 306 Å². The molecule has 0 N–H and O–H groups in total.